The lowest BCUT2D eigenvalue weighted by atomic mass is 10.1. The Bertz CT molecular complexity index is 382. The molecule has 1 N–H and O–H groups in total. The van der Waals surface area contributed by atoms with Crippen LogP contribution in [0.4, 0.5) is 5.69 Å². The molecule has 1 aromatic rings. The molecule has 16 heavy (non-hydrogen) atoms. The minimum absolute atomic E-state index is 0.220. The number of nitrogens with zero attached hydrogens (tertiary/aromatic N) is 1. The maximum Gasteiger partial charge on any atom is 0.121 e. The van der Waals surface area contributed by atoms with Gasteiger partial charge in [-0.3, -0.25) is 0 Å². The third-order valence-electron chi connectivity index (χ3n) is 2.60. The van der Waals surface area contributed by atoms with E-state index < -0.39 is 0 Å². The number of nitriles is 1. The first kappa shape index (κ1) is 12.4. The molecule has 3 heteroatoms. The predicted molar refractivity (Wildman–Crippen MR) is 65.7 cm³/mol. The van der Waals surface area contributed by atoms with Crippen LogP contribution in [0.3, 0.4) is 0 Å². The van der Waals surface area contributed by atoms with E-state index in [4.69, 9.17) is 10.00 Å². The van der Waals surface area contributed by atoms with Gasteiger partial charge in [-0.2, -0.15) is 5.26 Å². The second-order valence-electron chi connectivity index (χ2n) is 3.80. The average molecular weight is 218 g/mol. The van der Waals surface area contributed by atoms with Gasteiger partial charge in [-0.15, -0.1) is 0 Å². The lowest BCUT2D eigenvalue weighted by Crippen LogP contribution is -2.17. The van der Waals surface area contributed by atoms with E-state index in [0.717, 1.165) is 23.4 Å². The van der Waals surface area contributed by atoms with Crippen molar-refractivity contribution in [3.63, 3.8) is 0 Å². The predicted octanol–water partition coefficient (Wildman–Crippen LogP) is 3.11. The quantitative estimate of drug-likeness (QED) is 0.826. The van der Waals surface area contributed by atoms with E-state index in [1.807, 2.05) is 25.1 Å². The molecule has 1 atom stereocenters. The van der Waals surface area contributed by atoms with Crippen molar-refractivity contribution in [3.8, 4) is 11.8 Å². The van der Waals surface area contributed by atoms with Gasteiger partial charge in [0.1, 0.15) is 5.75 Å². The molecular formula is C13H18N2O. The van der Waals surface area contributed by atoms with Gasteiger partial charge in [0.2, 0.25) is 0 Å². The Hall–Kier alpha value is -1.69. The minimum Gasteiger partial charge on any atom is -0.496 e. The van der Waals surface area contributed by atoms with E-state index in [2.05, 4.69) is 18.3 Å². The van der Waals surface area contributed by atoms with E-state index in [0.29, 0.717) is 6.42 Å². The Morgan fingerprint density at radius 3 is 2.75 bits per heavy atom. The van der Waals surface area contributed by atoms with Crippen LogP contribution in [0.1, 0.15) is 25.3 Å². The van der Waals surface area contributed by atoms with Gasteiger partial charge in [0.05, 0.1) is 19.6 Å². The SMILES string of the molecule is CCC(CC#N)Nc1ccc(OC)c(C)c1. The molecule has 1 aromatic carbocycles. The number of aryl methyl sites for hydroxylation is 1. The van der Waals surface area contributed by atoms with E-state index in [9.17, 15) is 0 Å². The monoisotopic (exact) mass is 218 g/mol. The summed E-state index contributed by atoms with van der Waals surface area (Å²) in [5.41, 5.74) is 2.14. The van der Waals surface area contributed by atoms with Crippen molar-refractivity contribution in [1.29, 1.82) is 5.26 Å². The summed E-state index contributed by atoms with van der Waals surface area (Å²) in [5.74, 6) is 0.888. The summed E-state index contributed by atoms with van der Waals surface area (Å²) in [6.45, 7) is 4.08. The molecule has 0 fully saturated rings. The first-order valence-electron chi connectivity index (χ1n) is 5.49. The summed E-state index contributed by atoms with van der Waals surface area (Å²) in [4.78, 5) is 0. The smallest absolute Gasteiger partial charge is 0.121 e. The van der Waals surface area contributed by atoms with Crippen molar-refractivity contribution >= 4 is 5.69 Å². The summed E-state index contributed by atoms with van der Waals surface area (Å²) in [5, 5.41) is 12.0. The molecule has 1 unspecified atom stereocenters. The highest BCUT2D eigenvalue weighted by atomic mass is 16.5. The molecule has 0 aliphatic heterocycles. The number of rotatable bonds is 5. The lowest BCUT2D eigenvalue weighted by molar-refractivity contribution is 0.412. The summed E-state index contributed by atoms with van der Waals surface area (Å²) in [7, 11) is 1.67. The van der Waals surface area contributed by atoms with Crippen molar-refractivity contribution in [2.24, 2.45) is 0 Å². The topological polar surface area (TPSA) is 45.0 Å². The highest BCUT2D eigenvalue weighted by molar-refractivity contribution is 5.51. The molecule has 3 nitrogen and oxygen atoms in total. The zero-order chi connectivity index (χ0) is 12.0. The minimum atomic E-state index is 0.220. The molecule has 0 radical (unpaired) electrons. The molecule has 1 rings (SSSR count). The Morgan fingerprint density at radius 1 is 1.50 bits per heavy atom. The molecule has 0 spiro atoms. The van der Waals surface area contributed by atoms with Crippen LogP contribution in [-0.2, 0) is 0 Å². The molecule has 0 amide bonds. The normalized spacial score (nSPS) is 11.6. The highest BCUT2D eigenvalue weighted by Crippen LogP contribution is 2.22. The molecule has 86 valence electrons. The number of anilines is 1. The van der Waals surface area contributed by atoms with Gasteiger partial charge in [0, 0.05) is 11.7 Å². The summed E-state index contributed by atoms with van der Waals surface area (Å²) in [6, 6.07) is 8.37. The van der Waals surface area contributed by atoms with Crippen LogP contribution in [0.25, 0.3) is 0 Å². The van der Waals surface area contributed by atoms with Crippen molar-refractivity contribution < 1.29 is 4.74 Å². The largest absolute Gasteiger partial charge is 0.496 e. The first-order chi connectivity index (χ1) is 7.71. The van der Waals surface area contributed by atoms with Crippen LogP contribution >= 0.6 is 0 Å². The molecule has 0 saturated carbocycles. The average Bonchev–Trinajstić information content (AvgIpc) is 2.28. The van der Waals surface area contributed by atoms with Crippen LogP contribution in [0, 0.1) is 18.3 Å². The number of hydrogen-bond acceptors (Lipinski definition) is 3. The summed E-state index contributed by atoms with van der Waals surface area (Å²) in [6.07, 6.45) is 1.47. The molecule has 0 aromatic heterocycles. The number of hydrogen-bond donors (Lipinski definition) is 1. The molecule has 0 aliphatic carbocycles. The highest BCUT2D eigenvalue weighted by Gasteiger charge is 2.06. The first-order valence-corrected chi connectivity index (χ1v) is 5.49. The standard InChI is InChI=1S/C13H18N2O/c1-4-11(7-8-14)15-12-5-6-13(16-3)10(2)9-12/h5-6,9,11,15H,4,7H2,1-3H3. The lowest BCUT2D eigenvalue weighted by Gasteiger charge is -2.16. The zero-order valence-corrected chi connectivity index (χ0v) is 10.1. The molecular weight excluding hydrogens is 200 g/mol. The van der Waals surface area contributed by atoms with Gasteiger partial charge >= 0.3 is 0 Å². The second-order valence-corrected chi connectivity index (χ2v) is 3.80. The second kappa shape index (κ2) is 6.02. The van der Waals surface area contributed by atoms with Gasteiger partial charge in [-0.25, -0.2) is 0 Å². The Balaban J connectivity index is 2.74. The number of benzene rings is 1. The maximum absolute atomic E-state index is 8.67. The van der Waals surface area contributed by atoms with Crippen LogP contribution in [0.5, 0.6) is 5.75 Å². The number of methoxy groups -OCH3 is 1. The van der Waals surface area contributed by atoms with E-state index in [-0.39, 0.29) is 6.04 Å². The zero-order valence-electron chi connectivity index (χ0n) is 10.1. The maximum atomic E-state index is 8.67. The molecule has 0 saturated heterocycles. The fourth-order valence-corrected chi connectivity index (χ4v) is 1.61. The van der Waals surface area contributed by atoms with Gasteiger partial charge in [0.15, 0.2) is 0 Å². The summed E-state index contributed by atoms with van der Waals surface area (Å²) >= 11 is 0. The van der Waals surface area contributed by atoms with E-state index in [1.54, 1.807) is 7.11 Å². The van der Waals surface area contributed by atoms with Crippen molar-refractivity contribution in [1.82, 2.24) is 0 Å². The van der Waals surface area contributed by atoms with Crippen molar-refractivity contribution in [2.75, 3.05) is 12.4 Å². The fourth-order valence-electron chi connectivity index (χ4n) is 1.61. The Morgan fingerprint density at radius 2 is 2.25 bits per heavy atom. The van der Waals surface area contributed by atoms with Crippen LogP contribution < -0.4 is 10.1 Å². The Kier molecular flexibility index (Phi) is 4.65. The third kappa shape index (κ3) is 3.16. The molecule has 0 heterocycles. The van der Waals surface area contributed by atoms with Gasteiger partial charge in [0.25, 0.3) is 0 Å². The third-order valence-corrected chi connectivity index (χ3v) is 2.60. The van der Waals surface area contributed by atoms with Crippen molar-refractivity contribution in [3.05, 3.63) is 23.8 Å². The fraction of sp³-hybridized carbons (Fsp3) is 0.462. The molecule has 0 aliphatic rings. The summed E-state index contributed by atoms with van der Waals surface area (Å²) < 4.78 is 5.20. The van der Waals surface area contributed by atoms with Crippen LogP contribution in [0.2, 0.25) is 0 Å². The van der Waals surface area contributed by atoms with Gasteiger partial charge in [-0.1, -0.05) is 6.92 Å². The number of ether oxygens (including phenoxy) is 1. The van der Waals surface area contributed by atoms with Gasteiger partial charge < -0.3 is 10.1 Å². The Labute approximate surface area is 97.0 Å². The van der Waals surface area contributed by atoms with Crippen LogP contribution in [0.15, 0.2) is 18.2 Å². The van der Waals surface area contributed by atoms with Gasteiger partial charge in [-0.05, 0) is 37.1 Å². The van der Waals surface area contributed by atoms with Crippen LogP contribution in [-0.4, -0.2) is 13.2 Å². The molecule has 0 bridgehead atoms. The number of nitrogens with one attached hydrogen (secondary N) is 1. The van der Waals surface area contributed by atoms with E-state index >= 15 is 0 Å². The van der Waals surface area contributed by atoms with E-state index in [1.165, 1.54) is 0 Å². The van der Waals surface area contributed by atoms with Crippen molar-refractivity contribution in [2.45, 2.75) is 32.7 Å².